The van der Waals surface area contributed by atoms with Crippen LogP contribution >= 0.6 is 12.6 Å². The first-order valence-electron chi connectivity index (χ1n) is 5.81. The van der Waals surface area contributed by atoms with Crippen LogP contribution in [0.1, 0.15) is 18.0 Å². The summed E-state index contributed by atoms with van der Waals surface area (Å²) in [6.45, 7) is 0.466. The van der Waals surface area contributed by atoms with Crippen LogP contribution < -0.4 is 0 Å². The van der Waals surface area contributed by atoms with Gasteiger partial charge in [0.25, 0.3) is 0 Å². The minimum atomic E-state index is -0.991. The molecule has 2 rings (SSSR count). The molecule has 0 spiro atoms. The standard InChI is InChI=1S/C13H15NO3S/c15-11-6-9(8-18)7-14(11)12(13(16)17)10-4-2-1-3-5-10/h1-5,9,12,18H,6-8H2,(H,16,17)/t9?,12-/m1/s1. The number of benzene rings is 1. The second kappa shape index (κ2) is 5.44. The number of carbonyl (C=O) groups is 2. The number of hydrogen-bond acceptors (Lipinski definition) is 3. The van der Waals surface area contributed by atoms with Gasteiger partial charge in [0.05, 0.1) is 0 Å². The normalized spacial score (nSPS) is 21.1. The van der Waals surface area contributed by atoms with Crippen molar-refractivity contribution in [3.05, 3.63) is 35.9 Å². The Morgan fingerprint density at radius 3 is 2.61 bits per heavy atom. The van der Waals surface area contributed by atoms with Crippen molar-refractivity contribution in [2.75, 3.05) is 12.3 Å². The highest BCUT2D eigenvalue weighted by Crippen LogP contribution is 2.29. The number of thiol groups is 1. The SMILES string of the molecule is O=C(O)[C@@H](c1ccccc1)N1CC(CS)CC1=O. The molecule has 1 aromatic carbocycles. The largest absolute Gasteiger partial charge is 0.479 e. The van der Waals surface area contributed by atoms with E-state index in [9.17, 15) is 14.7 Å². The van der Waals surface area contributed by atoms with Gasteiger partial charge in [0, 0.05) is 13.0 Å². The molecule has 0 aliphatic carbocycles. The number of hydrogen-bond donors (Lipinski definition) is 2. The van der Waals surface area contributed by atoms with Crippen LogP contribution in [0.3, 0.4) is 0 Å². The Morgan fingerprint density at radius 1 is 1.44 bits per heavy atom. The molecule has 0 aromatic heterocycles. The monoisotopic (exact) mass is 265 g/mol. The van der Waals surface area contributed by atoms with Crippen LogP contribution in [0.4, 0.5) is 0 Å². The summed E-state index contributed by atoms with van der Waals surface area (Å²) < 4.78 is 0. The van der Waals surface area contributed by atoms with E-state index < -0.39 is 12.0 Å². The van der Waals surface area contributed by atoms with Gasteiger partial charge in [-0.15, -0.1) is 0 Å². The van der Waals surface area contributed by atoms with Gasteiger partial charge in [0.15, 0.2) is 6.04 Å². The maximum absolute atomic E-state index is 11.9. The molecule has 0 bridgehead atoms. The Bertz CT molecular complexity index is 449. The van der Waals surface area contributed by atoms with Crippen molar-refractivity contribution in [1.82, 2.24) is 4.90 Å². The van der Waals surface area contributed by atoms with Gasteiger partial charge in [-0.25, -0.2) is 4.79 Å². The first-order valence-corrected chi connectivity index (χ1v) is 6.44. The van der Waals surface area contributed by atoms with Crippen LogP contribution in [-0.4, -0.2) is 34.2 Å². The van der Waals surface area contributed by atoms with Gasteiger partial charge in [-0.1, -0.05) is 30.3 Å². The predicted molar refractivity (Wildman–Crippen MR) is 70.5 cm³/mol. The van der Waals surface area contributed by atoms with Crippen LogP contribution in [-0.2, 0) is 9.59 Å². The topological polar surface area (TPSA) is 57.6 Å². The third-order valence-electron chi connectivity index (χ3n) is 3.16. The fraction of sp³-hybridized carbons (Fsp3) is 0.385. The molecule has 96 valence electrons. The van der Waals surface area contributed by atoms with Gasteiger partial charge in [-0.05, 0) is 17.2 Å². The zero-order chi connectivity index (χ0) is 13.1. The molecule has 2 atom stereocenters. The zero-order valence-corrected chi connectivity index (χ0v) is 10.7. The molecule has 1 aliphatic rings. The van der Waals surface area contributed by atoms with Gasteiger partial charge in [0.1, 0.15) is 0 Å². The van der Waals surface area contributed by atoms with Crippen LogP contribution in [0.2, 0.25) is 0 Å². The lowest BCUT2D eigenvalue weighted by atomic mass is 10.1. The van der Waals surface area contributed by atoms with Crippen LogP contribution in [0.15, 0.2) is 30.3 Å². The molecular formula is C13H15NO3S. The average Bonchev–Trinajstić information content (AvgIpc) is 2.72. The highest BCUT2D eigenvalue weighted by molar-refractivity contribution is 7.80. The lowest BCUT2D eigenvalue weighted by Crippen LogP contribution is -2.35. The third kappa shape index (κ3) is 2.51. The van der Waals surface area contributed by atoms with E-state index in [4.69, 9.17) is 0 Å². The second-order valence-corrected chi connectivity index (χ2v) is 4.82. The molecule has 1 saturated heterocycles. The number of amides is 1. The molecule has 4 nitrogen and oxygen atoms in total. The summed E-state index contributed by atoms with van der Waals surface area (Å²) in [7, 11) is 0. The Kier molecular flexibility index (Phi) is 3.91. The minimum Gasteiger partial charge on any atom is -0.479 e. The molecule has 0 radical (unpaired) electrons. The summed E-state index contributed by atoms with van der Waals surface area (Å²) in [5.74, 6) is -0.352. The van der Waals surface area contributed by atoms with Gasteiger partial charge in [0.2, 0.25) is 5.91 Å². The number of carboxylic acids is 1. The smallest absolute Gasteiger partial charge is 0.331 e. The lowest BCUT2D eigenvalue weighted by Gasteiger charge is -2.25. The number of nitrogens with zero attached hydrogens (tertiary/aromatic N) is 1. The van der Waals surface area contributed by atoms with Crippen molar-refractivity contribution in [3.63, 3.8) is 0 Å². The van der Waals surface area contributed by atoms with E-state index >= 15 is 0 Å². The maximum Gasteiger partial charge on any atom is 0.331 e. The molecule has 1 fully saturated rings. The van der Waals surface area contributed by atoms with E-state index in [2.05, 4.69) is 12.6 Å². The van der Waals surface area contributed by atoms with Gasteiger partial charge < -0.3 is 10.0 Å². The molecule has 1 amide bonds. The number of rotatable bonds is 4. The summed E-state index contributed by atoms with van der Waals surface area (Å²) in [6.07, 6.45) is 0.389. The summed E-state index contributed by atoms with van der Waals surface area (Å²) in [6, 6.07) is 7.97. The third-order valence-corrected chi connectivity index (χ3v) is 3.67. The molecule has 1 N–H and O–H groups in total. The van der Waals surface area contributed by atoms with Crippen molar-refractivity contribution in [2.24, 2.45) is 5.92 Å². The number of carboxylic acid groups (broad SMARTS) is 1. The molecule has 1 unspecified atom stereocenters. The van der Waals surface area contributed by atoms with Crippen molar-refractivity contribution < 1.29 is 14.7 Å². The Labute approximate surface area is 111 Å². The van der Waals surface area contributed by atoms with Crippen LogP contribution in [0, 0.1) is 5.92 Å². The second-order valence-electron chi connectivity index (χ2n) is 4.45. The Balaban J connectivity index is 2.27. The lowest BCUT2D eigenvalue weighted by molar-refractivity contribution is -0.148. The number of carbonyl (C=O) groups excluding carboxylic acids is 1. The molecule has 5 heteroatoms. The van der Waals surface area contributed by atoms with Gasteiger partial charge >= 0.3 is 5.97 Å². The van der Waals surface area contributed by atoms with Crippen molar-refractivity contribution >= 4 is 24.5 Å². The van der Waals surface area contributed by atoms with Gasteiger partial charge in [-0.2, -0.15) is 12.6 Å². The first-order chi connectivity index (χ1) is 8.63. The molecule has 18 heavy (non-hydrogen) atoms. The number of aliphatic carboxylic acids is 1. The molecule has 1 heterocycles. The highest BCUT2D eigenvalue weighted by atomic mass is 32.1. The van der Waals surface area contributed by atoms with E-state index in [1.165, 1.54) is 4.90 Å². The van der Waals surface area contributed by atoms with E-state index in [0.29, 0.717) is 24.3 Å². The summed E-state index contributed by atoms with van der Waals surface area (Å²) in [4.78, 5) is 24.7. The summed E-state index contributed by atoms with van der Waals surface area (Å²) >= 11 is 4.18. The van der Waals surface area contributed by atoms with Crippen molar-refractivity contribution in [3.8, 4) is 0 Å². The van der Waals surface area contributed by atoms with E-state index in [1.807, 2.05) is 6.07 Å². The first kappa shape index (κ1) is 13.0. The number of likely N-dealkylation sites (tertiary alicyclic amines) is 1. The Morgan fingerprint density at radius 2 is 2.11 bits per heavy atom. The minimum absolute atomic E-state index is 0.106. The van der Waals surface area contributed by atoms with E-state index in [0.717, 1.165) is 0 Å². The predicted octanol–water partition coefficient (Wildman–Crippen LogP) is 1.59. The molecule has 1 aliphatic heterocycles. The maximum atomic E-state index is 11.9. The summed E-state index contributed by atoms with van der Waals surface area (Å²) in [5.41, 5.74) is 0.637. The van der Waals surface area contributed by atoms with Gasteiger partial charge in [-0.3, -0.25) is 4.79 Å². The van der Waals surface area contributed by atoms with Crippen LogP contribution in [0.25, 0.3) is 0 Å². The quantitative estimate of drug-likeness (QED) is 0.813. The molecule has 0 saturated carbocycles. The van der Waals surface area contributed by atoms with Crippen molar-refractivity contribution in [1.29, 1.82) is 0 Å². The molecular weight excluding hydrogens is 250 g/mol. The van der Waals surface area contributed by atoms with E-state index in [-0.39, 0.29) is 11.8 Å². The van der Waals surface area contributed by atoms with E-state index in [1.54, 1.807) is 24.3 Å². The Hall–Kier alpha value is -1.49. The van der Waals surface area contributed by atoms with Crippen LogP contribution in [0.5, 0.6) is 0 Å². The molecule has 1 aromatic rings. The van der Waals surface area contributed by atoms with Crippen molar-refractivity contribution in [2.45, 2.75) is 12.5 Å². The highest BCUT2D eigenvalue weighted by Gasteiger charge is 2.37. The fourth-order valence-electron chi connectivity index (χ4n) is 2.27. The zero-order valence-electron chi connectivity index (χ0n) is 9.82. The average molecular weight is 265 g/mol. The fourth-order valence-corrected chi connectivity index (χ4v) is 2.52. The summed E-state index contributed by atoms with van der Waals surface area (Å²) in [5, 5.41) is 9.35.